The highest BCUT2D eigenvalue weighted by Gasteiger charge is 2.27. The number of hydrogen-bond donors (Lipinski definition) is 0. The molecule has 2 heterocycles. The van der Waals surface area contributed by atoms with Crippen LogP contribution in [0.5, 0.6) is 5.75 Å². The van der Waals surface area contributed by atoms with Crippen molar-refractivity contribution in [2.75, 3.05) is 6.61 Å². The van der Waals surface area contributed by atoms with E-state index in [2.05, 4.69) is 29.3 Å². The number of nitriles is 1. The first kappa shape index (κ1) is 14.7. The Kier molecular flexibility index (Phi) is 3.93. The van der Waals surface area contributed by atoms with E-state index in [-0.39, 0.29) is 6.71 Å². The van der Waals surface area contributed by atoms with E-state index < -0.39 is 0 Å². The minimum atomic E-state index is 0.0692. The predicted octanol–water partition coefficient (Wildman–Crippen LogP) is 3.45. The van der Waals surface area contributed by atoms with Gasteiger partial charge in [0.2, 0.25) is 0 Å². The number of benzene rings is 1. The fourth-order valence-electron chi connectivity index (χ4n) is 3.30. The Labute approximate surface area is 131 Å². The van der Waals surface area contributed by atoms with E-state index in [1.165, 1.54) is 5.56 Å². The lowest BCUT2D eigenvalue weighted by Crippen LogP contribution is -2.19. The molecule has 1 aliphatic rings. The summed E-state index contributed by atoms with van der Waals surface area (Å²) in [6, 6.07) is 6.32. The molecule has 4 nitrogen and oxygen atoms in total. The van der Waals surface area contributed by atoms with Crippen LogP contribution in [-0.2, 0) is 7.05 Å². The molecular formula is C17H20BN3O. The van der Waals surface area contributed by atoms with Gasteiger partial charge < -0.3 is 4.74 Å². The average molecular weight is 293 g/mol. The highest BCUT2D eigenvalue weighted by atomic mass is 16.5. The van der Waals surface area contributed by atoms with E-state index in [0.717, 1.165) is 35.3 Å². The Bertz CT molecular complexity index is 732. The van der Waals surface area contributed by atoms with Crippen molar-refractivity contribution >= 4 is 6.71 Å². The number of rotatable bonds is 3. The third-order valence-electron chi connectivity index (χ3n) is 4.36. The normalized spacial score (nSPS) is 16.5. The van der Waals surface area contributed by atoms with Gasteiger partial charge in [-0.1, -0.05) is 31.3 Å². The van der Waals surface area contributed by atoms with Crippen LogP contribution in [0.3, 0.4) is 0 Å². The Morgan fingerprint density at radius 2 is 2.27 bits per heavy atom. The average Bonchev–Trinajstić information content (AvgIpc) is 2.85. The van der Waals surface area contributed by atoms with Gasteiger partial charge in [-0.3, -0.25) is 4.68 Å². The van der Waals surface area contributed by atoms with Crippen molar-refractivity contribution in [3.05, 3.63) is 35.7 Å². The van der Waals surface area contributed by atoms with Crippen LogP contribution < -0.4 is 4.74 Å². The fourth-order valence-corrected chi connectivity index (χ4v) is 3.30. The minimum absolute atomic E-state index is 0.0692. The summed E-state index contributed by atoms with van der Waals surface area (Å²) in [4.78, 5) is 0. The molecule has 112 valence electrons. The summed E-state index contributed by atoms with van der Waals surface area (Å²) in [7, 11) is 1.93. The smallest absolute Gasteiger partial charge is 0.265 e. The van der Waals surface area contributed by atoms with Crippen LogP contribution in [0.1, 0.15) is 23.6 Å². The quantitative estimate of drug-likeness (QED) is 0.814. The third-order valence-corrected chi connectivity index (χ3v) is 4.36. The van der Waals surface area contributed by atoms with E-state index >= 15 is 0 Å². The maximum absolute atomic E-state index is 9.09. The highest BCUT2D eigenvalue weighted by Crippen LogP contribution is 2.43. The molecule has 1 aromatic heterocycles. The molecule has 0 spiro atoms. The number of fused-ring (bicyclic) bond motifs is 1. The van der Waals surface area contributed by atoms with Crippen LogP contribution in [-0.4, -0.2) is 23.1 Å². The van der Waals surface area contributed by atoms with E-state index in [9.17, 15) is 0 Å². The van der Waals surface area contributed by atoms with Crippen LogP contribution in [0.2, 0.25) is 13.1 Å². The molecular weight excluding hydrogens is 273 g/mol. The van der Waals surface area contributed by atoms with Gasteiger partial charge in [-0.05, 0) is 24.8 Å². The van der Waals surface area contributed by atoms with Gasteiger partial charge in [0, 0.05) is 30.3 Å². The first-order chi connectivity index (χ1) is 10.6. The number of ether oxygens (including phenoxy) is 1. The predicted molar refractivity (Wildman–Crippen MR) is 88.3 cm³/mol. The van der Waals surface area contributed by atoms with Crippen LogP contribution in [0, 0.1) is 18.2 Å². The molecule has 0 amide bonds. The molecule has 0 saturated carbocycles. The summed E-state index contributed by atoms with van der Waals surface area (Å²) in [6.07, 6.45) is 3.91. The Balaban J connectivity index is 2.04. The third kappa shape index (κ3) is 2.61. The van der Waals surface area contributed by atoms with Crippen LogP contribution >= 0.6 is 0 Å². The monoisotopic (exact) mass is 293 g/mol. The van der Waals surface area contributed by atoms with Gasteiger partial charge in [0.1, 0.15) is 5.75 Å². The molecule has 5 heteroatoms. The second-order valence-corrected chi connectivity index (χ2v) is 6.13. The maximum Gasteiger partial charge on any atom is 0.265 e. The Hall–Kier alpha value is -2.22. The molecule has 0 N–H and O–H groups in total. The molecule has 0 saturated heterocycles. The maximum atomic E-state index is 9.09. The molecule has 3 rings (SSSR count). The zero-order valence-corrected chi connectivity index (χ0v) is 13.3. The molecule has 0 radical (unpaired) electrons. The number of aryl methyl sites for hydroxylation is 2. The number of nitrogens with zero attached hydrogens (tertiary/aromatic N) is 3. The van der Waals surface area contributed by atoms with Crippen molar-refractivity contribution in [1.82, 2.24) is 9.78 Å². The highest BCUT2D eigenvalue weighted by molar-refractivity contribution is 6.65. The zero-order valence-electron chi connectivity index (χ0n) is 13.3. The van der Waals surface area contributed by atoms with Crippen molar-refractivity contribution < 1.29 is 4.74 Å². The number of para-hydroxylation sites is 1. The lowest BCUT2D eigenvalue weighted by Gasteiger charge is -2.28. The molecule has 1 aliphatic heterocycles. The van der Waals surface area contributed by atoms with Crippen LogP contribution in [0.25, 0.3) is 11.1 Å². The Morgan fingerprint density at radius 1 is 1.45 bits per heavy atom. The van der Waals surface area contributed by atoms with Gasteiger partial charge >= 0.3 is 0 Å². The van der Waals surface area contributed by atoms with Crippen LogP contribution in [0.4, 0.5) is 0 Å². The summed E-state index contributed by atoms with van der Waals surface area (Å²) in [5.74, 6) is 3.72. The first-order valence-electron chi connectivity index (χ1n) is 7.76. The minimum Gasteiger partial charge on any atom is -0.493 e. The summed E-state index contributed by atoms with van der Waals surface area (Å²) in [5, 5.41) is 13.5. The van der Waals surface area contributed by atoms with Crippen molar-refractivity contribution in [2.24, 2.45) is 7.05 Å². The van der Waals surface area contributed by atoms with Gasteiger partial charge in [-0.15, -0.1) is 0 Å². The Morgan fingerprint density at radius 3 is 2.95 bits per heavy atom. The van der Waals surface area contributed by atoms with E-state index in [1.54, 1.807) is 0 Å². The summed E-state index contributed by atoms with van der Waals surface area (Å²) in [5.41, 5.74) is 4.46. The molecule has 2 aromatic rings. The zero-order chi connectivity index (χ0) is 15.7. The van der Waals surface area contributed by atoms with E-state index in [0.29, 0.717) is 12.5 Å². The standard InChI is InChI=1S/C17H20BN3O/c1-12-16(10-21(3)20-12)15-6-4-5-14-13(9-18(2)11-19)7-8-22-17(14)15/h4-6,10,13H,7-9H2,1-3H3. The fraction of sp³-hybridized carbons (Fsp3) is 0.412. The molecule has 1 unspecified atom stereocenters. The second-order valence-electron chi connectivity index (χ2n) is 6.13. The molecule has 0 aliphatic carbocycles. The van der Waals surface area contributed by atoms with Gasteiger partial charge in [0.25, 0.3) is 6.71 Å². The van der Waals surface area contributed by atoms with Crippen molar-refractivity contribution in [2.45, 2.75) is 32.4 Å². The van der Waals surface area contributed by atoms with Crippen molar-refractivity contribution in [3.63, 3.8) is 0 Å². The van der Waals surface area contributed by atoms with Gasteiger partial charge in [-0.25, -0.2) is 5.26 Å². The SMILES string of the molecule is CB(C#N)CC1CCOc2c(-c3cn(C)nc3C)cccc21. The first-order valence-corrected chi connectivity index (χ1v) is 7.76. The summed E-state index contributed by atoms with van der Waals surface area (Å²) < 4.78 is 7.83. The molecule has 0 bridgehead atoms. The number of aromatic nitrogens is 2. The summed E-state index contributed by atoms with van der Waals surface area (Å²) in [6.45, 7) is 4.79. The molecule has 0 fully saturated rings. The van der Waals surface area contributed by atoms with Crippen LogP contribution in [0.15, 0.2) is 24.4 Å². The summed E-state index contributed by atoms with van der Waals surface area (Å²) >= 11 is 0. The topological polar surface area (TPSA) is 50.8 Å². The molecule has 1 atom stereocenters. The largest absolute Gasteiger partial charge is 0.493 e. The number of hydrogen-bond acceptors (Lipinski definition) is 3. The lowest BCUT2D eigenvalue weighted by molar-refractivity contribution is 0.273. The van der Waals surface area contributed by atoms with Gasteiger partial charge in [0.15, 0.2) is 0 Å². The van der Waals surface area contributed by atoms with Gasteiger partial charge in [0.05, 0.1) is 12.3 Å². The lowest BCUT2D eigenvalue weighted by atomic mass is 9.48. The second kappa shape index (κ2) is 5.88. The van der Waals surface area contributed by atoms with Crippen molar-refractivity contribution in [3.8, 4) is 22.8 Å². The molecule has 22 heavy (non-hydrogen) atoms. The van der Waals surface area contributed by atoms with E-state index in [4.69, 9.17) is 10.00 Å². The van der Waals surface area contributed by atoms with Gasteiger partial charge in [-0.2, -0.15) is 5.10 Å². The van der Waals surface area contributed by atoms with E-state index in [1.807, 2.05) is 31.7 Å². The molecule has 1 aromatic carbocycles. The van der Waals surface area contributed by atoms with Crippen molar-refractivity contribution in [1.29, 1.82) is 5.26 Å².